The number of hydrogen-bond donors (Lipinski definition) is 3. The van der Waals surface area contributed by atoms with Gasteiger partial charge in [0, 0.05) is 17.8 Å². The number of carbonyl (C=O) groups is 1. The highest BCUT2D eigenvalue weighted by Gasteiger charge is 2.23. The standard InChI is InChI=1S/C11H18N4O/c1-7-9(6-13-15-7)11(16)14-10-4-3-5-12-8(10)2/h6,8,10,12H,3-5H2,1-2H3,(H,13,15)(H,14,16). The van der Waals surface area contributed by atoms with Crippen LogP contribution in [0.25, 0.3) is 0 Å². The number of H-pyrrole nitrogens is 1. The zero-order chi connectivity index (χ0) is 11.5. The van der Waals surface area contributed by atoms with Crippen LogP contribution in [0.5, 0.6) is 0 Å². The van der Waals surface area contributed by atoms with E-state index in [2.05, 4.69) is 27.8 Å². The highest BCUT2D eigenvalue weighted by Crippen LogP contribution is 2.10. The van der Waals surface area contributed by atoms with Gasteiger partial charge in [-0.1, -0.05) is 0 Å². The molecular weight excluding hydrogens is 204 g/mol. The molecule has 5 nitrogen and oxygen atoms in total. The van der Waals surface area contributed by atoms with E-state index in [-0.39, 0.29) is 11.9 Å². The number of aromatic amines is 1. The first-order chi connectivity index (χ1) is 7.68. The molecule has 1 fully saturated rings. The summed E-state index contributed by atoms with van der Waals surface area (Å²) in [7, 11) is 0. The van der Waals surface area contributed by atoms with Crippen LogP contribution in [0.4, 0.5) is 0 Å². The molecule has 5 heteroatoms. The predicted molar refractivity (Wildman–Crippen MR) is 61.3 cm³/mol. The van der Waals surface area contributed by atoms with Crippen LogP contribution in [0.2, 0.25) is 0 Å². The van der Waals surface area contributed by atoms with Gasteiger partial charge in [0.15, 0.2) is 0 Å². The summed E-state index contributed by atoms with van der Waals surface area (Å²) in [5.74, 6) is -0.0354. The van der Waals surface area contributed by atoms with Crippen molar-refractivity contribution in [3.63, 3.8) is 0 Å². The number of amides is 1. The summed E-state index contributed by atoms with van der Waals surface area (Å²) in [6, 6.07) is 0.556. The van der Waals surface area contributed by atoms with E-state index in [1.165, 1.54) is 0 Å². The van der Waals surface area contributed by atoms with Crippen molar-refractivity contribution in [2.24, 2.45) is 0 Å². The van der Waals surface area contributed by atoms with Crippen LogP contribution < -0.4 is 10.6 Å². The van der Waals surface area contributed by atoms with Gasteiger partial charge >= 0.3 is 0 Å². The maximum Gasteiger partial charge on any atom is 0.255 e. The van der Waals surface area contributed by atoms with Crippen LogP contribution >= 0.6 is 0 Å². The molecule has 2 unspecified atom stereocenters. The minimum absolute atomic E-state index is 0.0354. The second-order valence-corrected chi connectivity index (χ2v) is 4.37. The van der Waals surface area contributed by atoms with Crippen molar-refractivity contribution >= 4 is 5.91 Å². The average Bonchev–Trinajstić information content (AvgIpc) is 2.68. The number of piperidine rings is 1. The highest BCUT2D eigenvalue weighted by atomic mass is 16.1. The van der Waals surface area contributed by atoms with Gasteiger partial charge in [-0.05, 0) is 33.2 Å². The largest absolute Gasteiger partial charge is 0.348 e. The van der Waals surface area contributed by atoms with Gasteiger partial charge in [-0.15, -0.1) is 0 Å². The third-order valence-electron chi connectivity index (χ3n) is 3.15. The molecule has 0 aliphatic carbocycles. The molecule has 1 aliphatic heterocycles. The summed E-state index contributed by atoms with van der Waals surface area (Å²) in [6.07, 6.45) is 3.72. The molecule has 0 saturated carbocycles. The normalized spacial score (nSPS) is 25.4. The maximum atomic E-state index is 11.9. The minimum atomic E-state index is -0.0354. The molecule has 1 aromatic rings. The summed E-state index contributed by atoms with van der Waals surface area (Å²) in [6.45, 7) is 5.00. The van der Waals surface area contributed by atoms with Gasteiger partial charge in [0.05, 0.1) is 11.8 Å². The minimum Gasteiger partial charge on any atom is -0.348 e. The first-order valence-electron chi connectivity index (χ1n) is 5.72. The Morgan fingerprint density at radius 2 is 2.44 bits per heavy atom. The van der Waals surface area contributed by atoms with Crippen molar-refractivity contribution in [1.82, 2.24) is 20.8 Å². The Hall–Kier alpha value is -1.36. The number of nitrogens with one attached hydrogen (secondary N) is 3. The molecular formula is C11H18N4O. The summed E-state index contributed by atoms with van der Waals surface area (Å²) in [5, 5.41) is 13.0. The van der Waals surface area contributed by atoms with E-state index >= 15 is 0 Å². The lowest BCUT2D eigenvalue weighted by atomic mass is 9.99. The van der Waals surface area contributed by atoms with Crippen molar-refractivity contribution < 1.29 is 4.79 Å². The van der Waals surface area contributed by atoms with Crippen LogP contribution in [-0.2, 0) is 0 Å². The quantitative estimate of drug-likeness (QED) is 0.686. The smallest absolute Gasteiger partial charge is 0.255 e. The topological polar surface area (TPSA) is 69.8 Å². The van der Waals surface area contributed by atoms with Crippen molar-refractivity contribution in [3.8, 4) is 0 Å². The lowest BCUT2D eigenvalue weighted by Gasteiger charge is -2.30. The second-order valence-electron chi connectivity index (χ2n) is 4.37. The highest BCUT2D eigenvalue weighted by molar-refractivity contribution is 5.95. The summed E-state index contributed by atoms with van der Waals surface area (Å²) >= 11 is 0. The number of nitrogens with zero attached hydrogens (tertiary/aromatic N) is 1. The first-order valence-corrected chi connectivity index (χ1v) is 5.72. The van der Waals surface area contributed by atoms with Gasteiger partial charge in [-0.25, -0.2) is 0 Å². The number of aromatic nitrogens is 2. The molecule has 1 amide bonds. The molecule has 2 heterocycles. The zero-order valence-corrected chi connectivity index (χ0v) is 9.71. The Morgan fingerprint density at radius 3 is 3.06 bits per heavy atom. The van der Waals surface area contributed by atoms with Gasteiger partial charge in [-0.2, -0.15) is 5.10 Å². The summed E-state index contributed by atoms with van der Waals surface area (Å²) < 4.78 is 0. The summed E-state index contributed by atoms with van der Waals surface area (Å²) in [4.78, 5) is 11.9. The van der Waals surface area contributed by atoms with Crippen molar-refractivity contribution in [2.75, 3.05) is 6.54 Å². The maximum absolute atomic E-state index is 11.9. The molecule has 2 atom stereocenters. The Bertz CT molecular complexity index is 374. The van der Waals surface area contributed by atoms with Crippen LogP contribution in [-0.4, -0.2) is 34.7 Å². The molecule has 1 saturated heterocycles. The third kappa shape index (κ3) is 2.24. The zero-order valence-electron chi connectivity index (χ0n) is 9.71. The molecule has 0 spiro atoms. The van der Waals surface area contributed by atoms with E-state index in [1.807, 2.05) is 6.92 Å². The Labute approximate surface area is 95.0 Å². The van der Waals surface area contributed by atoms with E-state index in [0.717, 1.165) is 25.1 Å². The van der Waals surface area contributed by atoms with Crippen molar-refractivity contribution in [3.05, 3.63) is 17.5 Å². The molecule has 1 aromatic heterocycles. The number of rotatable bonds is 2. The van der Waals surface area contributed by atoms with Gasteiger partial charge in [0.1, 0.15) is 0 Å². The van der Waals surface area contributed by atoms with Crippen LogP contribution in [0, 0.1) is 6.92 Å². The summed E-state index contributed by atoms with van der Waals surface area (Å²) in [5.41, 5.74) is 1.45. The second kappa shape index (κ2) is 4.65. The average molecular weight is 222 g/mol. The van der Waals surface area contributed by atoms with Crippen LogP contribution in [0.1, 0.15) is 35.8 Å². The number of hydrogen-bond acceptors (Lipinski definition) is 3. The van der Waals surface area contributed by atoms with E-state index in [0.29, 0.717) is 11.6 Å². The van der Waals surface area contributed by atoms with E-state index in [1.54, 1.807) is 6.20 Å². The lowest BCUT2D eigenvalue weighted by Crippen LogP contribution is -2.51. The van der Waals surface area contributed by atoms with Crippen molar-refractivity contribution in [2.45, 2.75) is 38.8 Å². The number of aryl methyl sites for hydroxylation is 1. The number of carbonyl (C=O) groups excluding carboxylic acids is 1. The first kappa shape index (κ1) is 11.1. The molecule has 1 aliphatic rings. The molecule has 16 heavy (non-hydrogen) atoms. The van der Waals surface area contributed by atoms with Gasteiger partial charge < -0.3 is 10.6 Å². The Kier molecular flexibility index (Phi) is 3.24. The van der Waals surface area contributed by atoms with E-state index in [9.17, 15) is 4.79 Å². The molecule has 3 N–H and O–H groups in total. The van der Waals surface area contributed by atoms with Crippen molar-refractivity contribution in [1.29, 1.82) is 0 Å². The van der Waals surface area contributed by atoms with Crippen LogP contribution in [0.15, 0.2) is 6.20 Å². The molecule has 88 valence electrons. The van der Waals surface area contributed by atoms with Gasteiger partial charge in [0.25, 0.3) is 5.91 Å². The Balaban J connectivity index is 1.99. The van der Waals surface area contributed by atoms with E-state index < -0.39 is 0 Å². The van der Waals surface area contributed by atoms with Gasteiger partial charge in [0.2, 0.25) is 0 Å². The molecule has 2 rings (SSSR count). The third-order valence-corrected chi connectivity index (χ3v) is 3.15. The predicted octanol–water partition coefficient (Wildman–Crippen LogP) is 0.588. The SMILES string of the molecule is Cc1[nH]ncc1C(=O)NC1CCCNC1C. The fourth-order valence-corrected chi connectivity index (χ4v) is 2.07. The molecule has 0 aromatic carbocycles. The van der Waals surface area contributed by atoms with E-state index in [4.69, 9.17) is 0 Å². The Morgan fingerprint density at radius 1 is 1.62 bits per heavy atom. The fourth-order valence-electron chi connectivity index (χ4n) is 2.07. The fraction of sp³-hybridized carbons (Fsp3) is 0.636. The molecule has 0 radical (unpaired) electrons. The van der Waals surface area contributed by atoms with Gasteiger partial charge in [-0.3, -0.25) is 9.89 Å². The van der Waals surface area contributed by atoms with Crippen LogP contribution in [0.3, 0.4) is 0 Å². The lowest BCUT2D eigenvalue weighted by molar-refractivity contribution is 0.0919. The molecule has 0 bridgehead atoms. The monoisotopic (exact) mass is 222 g/mol.